The number of nitrogens with one attached hydrogen (secondary N) is 1. The van der Waals surface area contributed by atoms with Gasteiger partial charge in [-0.25, -0.2) is 17.5 Å². The van der Waals surface area contributed by atoms with Gasteiger partial charge in [-0.3, -0.25) is 4.90 Å². The summed E-state index contributed by atoms with van der Waals surface area (Å²) in [6, 6.07) is 16.1. The van der Waals surface area contributed by atoms with Crippen LogP contribution >= 0.6 is 0 Å². The highest BCUT2D eigenvalue weighted by molar-refractivity contribution is 7.89. The summed E-state index contributed by atoms with van der Waals surface area (Å²) in [6.45, 7) is 3.42. The third-order valence-corrected chi connectivity index (χ3v) is 7.25. The van der Waals surface area contributed by atoms with Gasteiger partial charge in [-0.15, -0.1) is 0 Å². The van der Waals surface area contributed by atoms with Gasteiger partial charge in [-0.2, -0.15) is 0 Å². The van der Waals surface area contributed by atoms with Crippen molar-refractivity contribution in [3.05, 3.63) is 89.0 Å². The van der Waals surface area contributed by atoms with E-state index in [1.54, 1.807) is 6.92 Å². The largest absolute Gasteiger partial charge is 0.353 e. The van der Waals surface area contributed by atoms with E-state index in [0.29, 0.717) is 5.56 Å². The lowest BCUT2D eigenvalue weighted by molar-refractivity contribution is 0.174. The van der Waals surface area contributed by atoms with Crippen LogP contribution in [0.25, 0.3) is 0 Å². The van der Waals surface area contributed by atoms with Crippen LogP contribution in [0.3, 0.4) is 0 Å². The average molecular weight is 428 g/mol. The molecule has 3 aromatic rings. The molecule has 0 unspecified atom stereocenters. The lowest BCUT2D eigenvalue weighted by atomic mass is 9.98. The molecule has 1 aromatic heterocycles. The van der Waals surface area contributed by atoms with E-state index in [1.807, 2.05) is 36.0 Å². The van der Waals surface area contributed by atoms with Crippen molar-refractivity contribution < 1.29 is 12.8 Å². The van der Waals surface area contributed by atoms with E-state index in [4.69, 9.17) is 0 Å². The fourth-order valence-corrected chi connectivity index (χ4v) is 5.20. The van der Waals surface area contributed by atoms with Crippen molar-refractivity contribution in [2.75, 3.05) is 13.1 Å². The van der Waals surface area contributed by atoms with E-state index in [9.17, 15) is 12.8 Å². The van der Waals surface area contributed by atoms with Crippen molar-refractivity contribution in [3.8, 4) is 0 Å². The third-order valence-electron chi connectivity index (χ3n) is 5.83. The fourth-order valence-electron chi connectivity index (χ4n) is 4.08. The Labute approximate surface area is 177 Å². The van der Waals surface area contributed by atoms with E-state index in [1.165, 1.54) is 29.3 Å². The molecule has 0 amide bonds. The molecule has 5 nitrogen and oxygen atoms in total. The van der Waals surface area contributed by atoms with Crippen molar-refractivity contribution in [1.29, 1.82) is 0 Å². The smallest absolute Gasteiger partial charge is 0.240 e. The minimum absolute atomic E-state index is 0.0796. The summed E-state index contributed by atoms with van der Waals surface area (Å²) >= 11 is 0. The highest BCUT2D eigenvalue weighted by atomic mass is 32.2. The molecule has 0 aliphatic carbocycles. The third kappa shape index (κ3) is 4.19. The summed E-state index contributed by atoms with van der Waals surface area (Å²) < 4.78 is 44.1. The quantitative estimate of drug-likeness (QED) is 0.655. The molecule has 0 spiro atoms. The van der Waals surface area contributed by atoms with Crippen LogP contribution in [0.5, 0.6) is 0 Å². The number of halogens is 1. The van der Waals surface area contributed by atoms with Crippen LogP contribution < -0.4 is 4.72 Å². The number of rotatable bonds is 6. The number of fused-ring (bicyclic) bond motifs is 1. The van der Waals surface area contributed by atoms with Crippen LogP contribution in [0.15, 0.2) is 65.7 Å². The summed E-state index contributed by atoms with van der Waals surface area (Å²) in [6.07, 6.45) is 2.90. The summed E-state index contributed by atoms with van der Waals surface area (Å²) in [5.41, 5.74) is 3.98. The Morgan fingerprint density at radius 3 is 2.57 bits per heavy atom. The SMILES string of the molecule is Cc1cc(S(=O)(=O)NC[C@H](c2cccn2C)N2CCc3ccccc3C2)ccc1F. The molecule has 2 aromatic carbocycles. The van der Waals surface area contributed by atoms with Crippen molar-refractivity contribution in [3.63, 3.8) is 0 Å². The maximum atomic E-state index is 13.6. The number of nitrogens with zero attached hydrogens (tertiary/aromatic N) is 2. The molecule has 4 rings (SSSR count). The average Bonchev–Trinajstić information content (AvgIpc) is 3.15. The van der Waals surface area contributed by atoms with Crippen LogP contribution in [0.2, 0.25) is 0 Å². The molecule has 2 heterocycles. The van der Waals surface area contributed by atoms with E-state index < -0.39 is 15.8 Å². The van der Waals surface area contributed by atoms with Gasteiger partial charge in [0.05, 0.1) is 10.9 Å². The second-order valence-electron chi connectivity index (χ2n) is 7.81. The van der Waals surface area contributed by atoms with E-state index in [0.717, 1.165) is 25.2 Å². The maximum Gasteiger partial charge on any atom is 0.240 e. The number of hydrogen-bond acceptors (Lipinski definition) is 3. The second-order valence-corrected chi connectivity index (χ2v) is 9.58. The van der Waals surface area contributed by atoms with Crippen LogP contribution in [0.1, 0.15) is 28.4 Å². The van der Waals surface area contributed by atoms with Crippen LogP contribution in [0, 0.1) is 12.7 Å². The molecule has 7 heteroatoms. The molecular formula is C23H26FN3O2S. The highest BCUT2D eigenvalue weighted by Gasteiger charge is 2.28. The first-order valence-electron chi connectivity index (χ1n) is 10.0. The molecule has 0 saturated carbocycles. The van der Waals surface area contributed by atoms with E-state index >= 15 is 0 Å². The van der Waals surface area contributed by atoms with Crippen molar-refractivity contribution in [1.82, 2.24) is 14.2 Å². The molecule has 1 N–H and O–H groups in total. The fraction of sp³-hybridized carbons (Fsp3) is 0.304. The zero-order chi connectivity index (χ0) is 21.3. The predicted molar refractivity (Wildman–Crippen MR) is 115 cm³/mol. The topological polar surface area (TPSA) is 54.3 Å². The van der Waals surface area contributed by atoms with Gasteiger partial charge >= 0.3 is 0 Å². The zero-order valence-electron chi connectivity index (χ0n) is 17.2. The van der Waals surface area contributed by atoms with Crippen LogP contribution in [-0.2, 0) is 30.0 Å². The van der Waals surface area contributed by atoms with Gasteiger partial charge in [0.15, 0.2) is 0 Å². The summed E-state index contributed by atoms with van der Waals surface area (Å²) in [7, 11) is -1.78. The molecule has 1 aliphatic heterocycles. The first-order chi connectivity index (χ1) is 14.3. The molecule has 1 aliphatic rings. The Morgan fingerprint density at radius 2 is 1.87 bits per heavy atom. The molecular weight excluding hydrogens is 401 g/mol. The molecule has 0 bridgehead atoms. The normalized spacial score (nSPS) is 15.7. The van der Waals surface area contributed by atoms with E-state index in [-0.39, 0.29) is 17.5 Å². The van der Waals surface area contributed by atoms with E-state index in [2.05, 4.69) is 27.8 Å². The maximum absolute atomic E-state index is 13.6. The number of hydrogen-bond donors (Lipinski definition) is 1. The standard InChI is InChI=1S/C23H26FN3O2S/c1-17-14-20(9-10-21(17)24)30(28,29)25-15-23(22-8-5-12-26(22)2)27-13-11-18-6-3-4-7-19(18)16-27/h3-10,12,14,23,25H,11,13,15-16H2,1-2H3/t23-/m1/s1. The molecule has 0 fully saturated rings. The molecule has 0 saturated heterocycles. The van der Waals surface area contributed by atoms with Crippen molar-refractivity contribution >= 4 is 10.0 Å². The summed E-state index contributed by atoms with van der Waals surface area (Å²) in [4.78, 5) is 2.40. The molecule has 30 heavy (non-hydrogen) atoms. The van der Waals surface area contributed by atoms with Gasteiger partial charge < -0.3 is 4.57 Å². The lowest BCUT2D eigenvalue weighted by Gasteiger charge is -2.36. The van der Waals surface area contributed by atoms with Crippen molar-refractivity contribution in [2.24, 2.45) is 7.05 Å². The molecule has 1 atom stereocenters. The summed E-state index contributed by atoms with van der Waals surface area (Å²) in [5.74, 6) is -0.414. The minimum atomic E-state index is -3.75. The Hall–Kier alpha value is -2.48. The predicted octanol–water partition coefficient (Wildman–Crippen LogP) is 3.55. The number of aryl methyl sites for hydroxylation is 2. The van der Waals surface area contributed by atoms with Gasteiger partial charge in [-0.05, 0) is 60.4 Å². The minimum Gasteiger partial charge on any atom is -0.353 e. The van der Waals surface area contributed by atoms with Crippen molar-refractivity contribution in [2.45, 2.75) is 30.8 Å². The Balaban J connectivity index is 1.58. The van der Waals surface area contributed by atoms with Gasteiger partial charge in [0.1, 0.15) is 5.82 Å². The Kier molecular flexibility index (Phi) is 5.77. The first kappa shape index (κ1) is 20.8. The Morgan fingerprint density at radius 1 is 1.10 bits per heavy atom. The van der Waals surface area contributed by atoms with Gasteiger partial charge in [0, 0.05) is 38.6 Å². The summed E-state index contributed by atoms with van der Waals surface area (Å²) in [5, 5.41) is 0. The zero-order valence-corrected chi connectivity index (χ0v) is 18.0. The molecule has 158 valence electrons. The second kappa shape index (κ2) is 8.34. The number of aromatic nitrogens is 1. The first-order valence-corrected chi connectivity index (χ1v) is 11.5. The van der Waals surface area contributed by atoms with Gasteiger partial charge in [-0.1, -0.05) is 24.3 Å². The van der Waals surface area contributed by atoms with Gasteiger partial charge in [0.2, 0.25) is 10.0 Å². The number of sulfonamides is 1. The van der Waals surface area contributed by atoms with Crippen LogP contribution in [0.4, 0.5) is 4.39 Å². The number of benzene rings is 2. The van der Waals surface area contributed by atoms with Gasteiger partial charge in [0.25, 0.3) is 0 Å². The van der Waals surface area contributed by atoms with Crippen LogP contribution in [-0.4, -0.2) is 31.0 Å². The highest BCUT2D eigenvalue weighted by Crippen LogP contribution is 2.28. The monoisotopic (exact) mass is 427 g/mol. The Bertz CT molecular complexity index is 1160. The lowest BCUT2D eigenvalue weighted by Crippen LogP contribution is -2.41. The molecule has 0 radical (unpaired) electrons.